The summed E-state index contributed by atoms with van der Waals surface area (Å²) in [6.07, 6.45) is 4.24. The highest BCUT2D eigenvalue weighted by atomic mass is 16.5. The SMILES string of the molecule is O=C(COc1ccccc1)Nc1ccc(Nc2ccc(N3CCCC3)cc2)cn1. The zero-order valence-corrected chi connectivity index (χ0v) is 16.2. The predicted octanol–water partition coefficient (Wildman–Crippen LogP) is 4.44. The molecule has 2 N–H and O–H groups in total. The molecule has 0 spiro atoms. The van der Waals surface area contributed by atoms with Crippen LogP contribution in [0.15, 0.2) is 72.9 Å². The van der Waals surface area contributed by atoms with E-state index in [1.54, 1.807) is 12.3 Å². The maximum atomic E-state index is 12.0. The summed E-state index contributed by atoms with van der Waals surface area (Å²) in [7, 11) is 0. The summed E-state index contributed by atoms with van der Waals surface area (Å²) in [5.41, 5.74) is 3.13. The second-order valence-electron chi connectivity index (χ2n) is 6.95. The number of benzene rings is 2. The number of carbonyl (C=O) groups is 1. The van der Waals surface area contributed by atoms with E-state index in [0.717, 1.165) is 24.5 Å². The van der Waals surface area contributed by atoms with Crippen molar-refractivity contribution in [1.82, 2.24) is 4.98 Å². The number of anilines is 4. The number of pyridine rings is 1. The van der Waals surface area contributed by atoms with Gasteiger partial charge >= 0.3 is 0 Å². The number of ether oxygens (including phenoxy) is 1. The van der Waals surface area contributed by atoms with Gasteiger partial charge in [-0.25, -0.2) is 4.98 Å². The van der Waals surface area contributed by atoms with Crippen LogP contribution < -0.4 is 20.3 Å². The average Bonchev–Trinajstić information content (AvgIpc) is 3.30. The average molecular weight is 388 g/mol. The van der Waals surface area contributed by atoms with Gasteiger partial charge in [-0.3, -0.25) is 4.79 Å². The van der Waals surface area contributed by atoms with E-state index in [1.165, 1.54) is 18.5 Å². The van der Waals surface area contributed by atoms with Crippen LogP contribution in [-0.4, -0.2) is 30.6 Å². The molecule has 6 heteroatoms. The molecule has 1 aliphatic rings. The van der Waals surface area contributed by atoms with Gasteiger partial charge in [0, 0.05) is 24.5 Å². The molecular formula is C23H24N4O2. The third-order valence-corrected chi connectivity index (χ3v) is 4.77. The zero-order chi connectivity index (χ0) is 19.9. The van der Waals surface area contributed by atoms with Gasteiger partial charge in [0.2, 0.25) is 0 Å². The molecule has 4 rings (SSSR count). The minimum Gasteiger partial charge on any atom is -0.484 e. The van der Waals surface area contributed by atoms with Gasteiger partial charge in [-0.05, 0) is 61.4 Å². The van der Waals surface area contributed by atoms with Gasteiger partial charge in [-0.15, -0.1) is 0 Å². The maximum absolute atomic E-state index is 12.0. The molecule has 0 aliphatic carbocycles. The lowest BCUT2D eigenvalue weighted by Gasteiger charge is -2.18. The van der Waals surface area contributed by atoms with Crippen molar-refractivity contribution in [3.8, 4) is 5.75 Å². The standard InChI is InChI=1S/C23H24N4O2/c28-23(17-29-21-6-2-1-3-7-21)26-22-13-10-19(16-24-22)25-18-8-11-20(12-9-18)27-14-4-5-15-27/h1-3,6-13,16,25H,4-5,14-15,17H2,(H,24,26,28). The lowest BCUT2D eigenvalue weighted by atomic mass is 10.2. The summed E-state index contributed by atoms with van der Waals surface area (Å²) in [5.74, 6) is 0.895. The summed E-state index contributed by atoms with van der Waals surface area (Å²) in [5, 5.41) is 6.06. The van der Waals surface area contributed by atoms with Gasteiger partial charge in [0.05, 0.1) is 11.9 Å². The first-order valence-corrected chi connectivity index (χ1v) is 9.82. The summed E-state index contributed by atoms with van der Waals surface area (Å²) in [6.45, 7) is 2.22. The van der Waals surface area contributed by atoms with Gasteiger partial charge in [0.25, 0.3) is 5.91 Å². The molecule has 1 aromatic heterocycles. The van der Waals surface area contributed by atoms with Crippen molar-refractivity contribution in [2.24, 2.45) is 0 Å². The van der Waals surface area contributed by atoms with E-state index in [-0.39, 0.29) is 12.5 Å². The Kier molecular flexibility index (Phi) is 5.90. The van der Waals surface area contributed by atoms with E-state index in [9.17, 15) is 4.79 Å². The van der Waals surface area contributed by atoms with Crippen molar-refractivity contribution < 1.29 is 9.53 Å². The molecule has 6 nitrogen and oxygen atoms in total. The number of rotatable bonds is 7. The van der Waals surface area contributed by atoms with Crippen molar-refractivity contribution in [2.75, 3.05) is 35.2 Å². The summed E-state index contributed by atoms with van der Waals surface area (Å²) >= 11 is 0. The minimum absolute atomic E-state index is 0.0605. The maximum Gasteiger partial charge on any atom is 0.263 e. The van der Waals surface area contributed by atoms with Crippen molar-refractivity contribution >= 4 is 28.8 Å². The van der Waals surface area contributed by atoms with Crippen molar-refractivity contribution in [2.45, 2.75) is 12.8 Å². The zero-order valence-electron chi connectivity index (χ0n) is 16.2. The monoisotopic (exact) mass is 388 g/mol. The van der Waals surface area contributed by atoms with Crippen LogP contribution >= 0.6 is 0 Å². The summed E-state index contributed by atoms with van der Waals surface area (Å²) in [4.78, 5) is 18.7. The van der Waals surface area contributed by atoms with E-state index in [2.05, 4.69) is 44.8 Å². The normalized spacial score (nSPS) is 13.2. The Bertz CT molecular complexity index is 921. The number of amides is 1. The fraction of sp³-hybridized carbons (Fsp3) is 0.217. The molecule has 0 saturated carbocycles. The fourth-order valence-electron chi connectivity index (χ4n) is 3.28. The predicted molar refractivity (Wildman–Crippen MR) is 116 cm³/mol. The van der Waals surface area contributed by atoms with Gasteiger partial charge in [-0.2, -0.15) is 0 Å². The molecule has 0 unspecified atom stereocenters. The third kappa shape index (κ3) is 5.25. The van der Waals surface area contributed by atoms with E-state index < -0.39 is 0 Å². The van der Waals surface area contributed by atoms with Crippen LogP contribution in [0.5, 0.6) is 5.75 Å². The molecule has 3 aromatic rings. The van der Waals surface area contributed by atoms with E-state index >= 15 is 0 Å². The molecule has 148 valence electrons. The molecule has 1 amide bonds. The second kappa shape index (κ2) is 9.10. The highest BCUT2D eigenvalue weighted by Crippen LogP contribution is 2.24. The minimum atomic E-state index is -0.250. The molecule has 0 atom stereocenters. The Morgan fingerprint density at radius 1 is 0.931 bits per heavy atom. The first kappa shape index (κ1) is 18.8. The number of hydrogen-bond donors (Lipinski definition) is 2. The van der Waals surface area contributed by atoms with Crippen LogP contribution in [0.1, 0.15) is 12.8 Å². The van der Waals surface area contributed by atoms with E-state index in [0.29, 0.717) is 11.6 Å². The molecule has 29 heavy (non-hydrogen) atoms. The van der Waals surface area contributed by atoms with Gasteiger partial charge in [-0.1, -0.05) is 18.2 Å². The highest BCUT2D eigenvalue weighted by Gasteiger charge is 2.11. The molecule has 0 bridgehead atoms. The topological polar surface area (TPSA) is 66.5 Å². The van der Waals surface area contributed by atoms with Gasteiger partial charge < -0.3 is 20.3 Å². The third-order valence-electron chi connectivity index (χ3n) is 4.77. The smallest absolute Gasteiger partial charge is 0.263 e. The lowest BCUT2D eigenvalue weighted by Crippen LogP contribution is -2.20. The fourth-order valence-corrected chi connectivity index (χ4v) is 3.28. The first-order chi connectivity index (χ1) is 14.3. The Morgan fingerprint density at radius 2 is 1.66 bits per heavy atom. The van der Waals surface area contributed by atoms with Gasteiger partial charge in [0.15, 0.2) is 6.61 Å². The van der Waals surface area contributed by atoms with Crippen LogP contribution in [0.2, 0.25) is 0 Å². The van der Waals surface area contributed by atoms with Crippen LogP contribution in [0.25, 0.3) is 0 Å². The number of aromatic nitrogens is 1. The molecule has 0 radical (unpaired) electrons. The quantitative estimate of drug-likeness (QED) is 0.626. The van der Waals surface area contributed by atoms with E-state index in [1.807, 2.05) is 36.4 Å². The molecule has 1 saturated heterocycles. The number of nitrogens with zero attached hydrogens (tertiary/aromatic N) is 2. The number of hydrogen-bond acceptors (Lipinski definition) is 5. The van der Waals surface area contributed by atoms with Crippen LogP contribution in [-0.2, 0) is 4.79 Å². The second-order valence-corrected chi connectivity index (χ2v) is 6.95. The first-order valence-electron chi connectivity index (χ1n) is 9.82. The molecule has 2 aromatic carbocycles. The summed E-state index contributed by atoms with van der Waals surface area (Å²) < 4.78 is 5.43. The van der Waals surface area contributed by atoms with Crippen LogP contribution in [0.4, 0.5) is 22.9 Å². The van der Waals surface area contributed by atoms with E-state index in [4.69, 9.17) is 4.74 Å². The summed E-state index contributed by atoms with van der Waals surface area (Å²) in [6, 6.07) is 21.3. The largest absolute Gasteiger partial charge is 0.484 e. The Labute approximate surface area is 170 Å². The molecule has 1 fully saturated rings. The van der Waals surface area contributed by atoms with Crippen LogP contribution in [0.3, 0.4) is 0 Å². The number of nitrogens with one attached hydrogen (secondary N) is 2. The van der Waals surface area contributed by atoms with Crippen molar-refractivity contribution in [3.05, 3.63) is 72.9 Å². The van der Waals surface area contributed by atoms with Gasteiger partial charge in [0.1, 0.15) is 11.6 Å². The number of carbonyl (C=O) groups excluding carboxylic acids is 1. The van der Waals surface area contributed by atoms with Crippen molar-refractivity contribution in [3.63, 3.8) is 0 Å². The lowest BCUT2D eigenvalue weighted by molar-refractivity contribution is -0.118. The molecular weight excluding hydrogens is 364 g/mol. The number of para-hydroxylation sites is 1. The Morgan fingerprint density at radius 3 is 2.34 bits per heavy atom. The molecule has 2 heterocycles. The van der Waals surface area contributed by atoms with Crippen LogP contribution in [0, 0.1) is 0 Å². The highest BCUT2D eigenvalue weighted by molar-refractivity contribution is 5.91. The Balaban J connectivity index is 1.28. The Hall–Kier alpha value is -3.54. The molecule has 1 aliphatic heterocycles. The van der Waals surface area contributed by atoms with Crippen molar-refractivity contribution in [1.29, 1.82) is 0 Å².